The van der Waals surface area contributed by atoms with Crippen molar-refractivity contribution in [2.45, 2.75) is 33.1 Å². The Morgan fingerprint density at radius 3 is 2.28 bits per heavy atom. The van der Waals surface area contributed by atoms with Gasteiger partial charge in [-0.05, 0) is 38.8 Å². The maximum absolute atomic E-state index is 12.6. The molecule has 134 valence electrons. The molecule has 0 radical (unpaired) electrons. The molecule has 4 nitrogen and oxygen atoms in total. The average Bonchev–Trinajstić information content (AvgIpc) is 2.56. The van der Waals surface area contributed by atoms with E-state index in [1.54, 1.807) is 25.1 Å². The molecule has 2 rings (SSSR count). The number of carbonyl (C=O) groups excluding carboxylic acids is 2. The van der Waals surface area contributed by atoms with Gasteiger partial charge in [-0.25, -0.2) is 9.59 Å². The maximum Gasteiger partial charge on any atom is 0.334 e. The minimum Gasteiger partial charge on any atom is -0.466 e. The first-order valence-corrected chi connectivity index (χ1v) is 8.67. The fourth-order valence-electron chi connectivity index (χ4n) is 3.18. The van der Waals surface area contributed by atoms with Crippen LogP contribution in [0.5, 0.6) is 0 Å². The molecule has 0 spiro atoms. The van der Waals surface area contributed by atoms with Crippen molar-refractivity contribution in [1.29, 1.82) is 0 Å². The maximum atomic E-state index is 12.6. The van der Waals surface area contributed by atoms with Gasteiger partial charge in [0.2, 0.25) is 0 Å². The highest BCUT2D eigenvalue weighted by molar-refractivity contribution is 6.42. The van der Waals surface area contributed by atoms with Crippen LogP contribution in [0.15, 0.2) is 40.5 Å². The summed E-state index contributed by atoms with van der Waals surface area (Å²) in [5, 5.41) is 0.660. The monoisotopic (exact) mass is 382 g/mol. The molecule has 0 saturated carbocycles. The zero-order chi connectivity index (χ0) is 18.7. The molecule has 0 aliphatic heterocycles. The molecule has 0 N–H and O–H groups in total. The zero-order valence-corrected chi connectivity index (χ0v) is 16.1. The van der Waals surface area contributed by atoms with Crippen LogP contribution in [0.1, 0.15) is 38.7 Å². The quantitative estimate of drug-likeness (QED) is 0.698. The van der Waals surface area contributed by atoms with Gasteiger partial charge in [0.25, 0.3) is 0 Å². The number of esters is 2. The summed E-state index contributed by atoms with van der Waals surface area (Å²) in [6.45, 7) is 5.68. The lowest BCUT2D eigenvalue weighted by Crippen LogP contribution is -2.26. The Hall–Kier alpha value is -1.78. The van der Waals surface area contributed by atoms with E-state index < -0.39 is 17.9 Å². The number of hydrogen-bond donors (Lipinski definition) is 0. The van der Waals surface area contributed by atoms with Gasteiger partial charge >= 0.3 is 11.9 Å². The Morgan fingerprint density at radius 2 is 1.72 bits per heavy atom. The van der Waals surface area contributed by atoms with Gasteiger partial charge in [-0.15, -0.1) is 0 Å². The summed E-state index contributed by atoms with van der Waals surface area (Å²) in [6.07, 6.45) is 0.493. The van der Waals surface area contributed by atoms with E-state index in [9.17, 15) is 9.59 Å². The van der Waals surface area contributed by atoms with Crippen molar-refractivity contribution in [3.63, 3.8) is 0 Å². The van der Waals surface area contributed by atoms with Crippen LogP contribution < -0.4 is 0 Å². The molecule has 0 fully saturated rings. The summed E-state index contributed by atoms with van der Waals surface area (Å²) in [5.41, 5.74) is 3.07. The van der Waals surface area contributed by atoms with Gasteiger partial charge < -0.3 is 9.47 Å². The van der Waals surface area contributed by atoms with Crippen molar-refractivity contribution < 1.29 is 19.1 Å². The first kappa shape index (κ1) is 19.5. The molecule has 0 unspecified atom stereocenters. The number of allylic oxidation sites excluding steroid dienone is 2. The number of rotatable bonds is 4. The summed E-state index contributed by atoms with van der Waals surface area (Å²) in [5.74, 6) is -1.63. The largest absolute Gasteiger partial charge is 0.466 e. The molecule has 0 aromatic heterocycles. The Labute approximate surface area is 157 Å². The van der Waals surface area contributed by atoms with Crippen LogP contribution in [0.2, 0.25) is 10.0 Å². The summed E-state index contributed by atoms with van der Waals surface area (Å²) >= 11 is 12.6. The van der Waals surface area contributed by atoms with Crippen LogP contribution >= 0.6 is 23.2 Å². The Balaban J connectivity index is 2.74. The lowest BCUT2D eigenvalue weighted by Gasteiger charge is -2.30. The molecule has 0 bridgehead atoms. The van der Waals surface area contributed by atoms with Crippen molar-refractivity contribution >= 4 is 35.1 Å². The predicted molar refractivity (Wildman–Crippen MR) is 97.9 cm³/mol. The summed E-state index contributed by atoms with van der Waals surface area (Å²) in [6, 6.07) is 5.15. The molecule has 0 amide bonds. The van der Waals surface area contributed by atoms with Crippen molar-refractivity contribution in [2.75, 3.05) is 13.7 Å². The second kappa shape index (κ2) is 8.07. The normalized spacial score (nSPS) is 17.6. The molecule has 1 aromatic carbocycles. The third kappa shape index (κ3) is 3.75. The van der Waals surface area contributed by atoms with Gasteiger partial charge in [0.1, 0.15) is 0 Å². The van der Waals surface area contributed by atoms with E-state index in [-0.39, 0.29) is 6.61 Å². The van der Waals surface area contributed by atoms with Crippen molar-refractivity contribution in [3.8, 4) is 0 Å². The molecule has 1 aliphatic rings. The molecule has 1 aromatic rings. The Bertz CT molecular complexity index is 778. The fourth-order valence-corrected chi connectivity index (χ4v) is 3.60. The Morgan fingerprint density at radius 1 is 1.12 bits per heavy atom. The highest BCUT2D eigenvalue weighted by Gasteiger charge is 2.38. The highest BCUT2D eigenvalue weighted by Crippen LogP contribution is 2.45. The van der Waals surface area contributed by atoms with Crippen molar-refractivity contribution in [2.24, 2.45) is 0 Å². The molecule has 1 aliphatic carbocycles. The smallest absolute Gasteiger partial charge is 0.334 e. The minimum absolute atomic E-state index is 0.238. The topological polar surface area (TPSA) is 52.6 Å². The minimum atomic E-state index is -0.675. The number of methoxy groups -OCH3 is 1. The van der Waals surface area contributed by atoms with Gasteiger partial charge in [-0.3, -0.25) is 0 Å². The average molecular weight is 383 g/mol. The first-order chi connectivity index (χ1) is 11.8. The number of halogens is 2. The van der Waals surface area contributed by atoms with Gasteiger partial charge in [0.15, 0.2) is 0 Å². The van der Waals surface area contributed by atoms with Crippen molar-refractivity contribution in [3.05, 3.63) is 56.1 Å². The SMILES string of the molecule is CCOC(=O)C1=C(C)CC(C)=C(C(=O)OC)[C@@H]1c1cccc(Cl)c1Cl. The summed E-state index contributed by atoms with van der Waals surface area (Å²) in [4.78, 5) is 25.1. The van der Waals surface area contributed by atoms with Crippen LogP contribution in [0.25, 0.3) is 0 Å². The number of ether oxygens (including phenoxy) is 2. The summed E-state index contributed by atoms with van der Waals surface area (Å²) < 4.78 is 10.2. The lowest BCUT2D eigenvalue weighted by molar-refractivity contribution is -0.139. The van der Waals surface area contributed by atoms with Gasteiger partial charge in [-0.2, -0.15) is 0 Å². The molecule has 0 saturated heterocycles. The van der Waals surface area contributed by atoms with E-state index in [0.29, 0.717) is 33.2 Å². The van der Waals surface area contributed by atoms with E-state index in [1.165, 1.54) is 7.11 Å². The van der Waals surface area contributed by atoms with E-state index in [4.69, 9.17) is 32.7 Å². The summed E-state index contributed by atoms with van der Waals surface area (Å²) in [7, 11) is 1.31. The van der Waals surface area contributed by atoms with Crippen LogP contribution in [0, 0.1) is 0 Å². The number of carbonyl (C=O) groups is 2. The third-order valence-electron chi connectivity index (χ3n) is 4.22. The standard InChI is InChI=1S/C19H20Cl2O4/c1-5-25-19(23)15-11(3)9-10(2)14(18(22)24-4)16(15)12-7-6-8-13(20)17(12)21/h6-8,16H,5,9H2,1-4H3/t16-/m0/s1. The van der Waals surface area contributed by atoms with E-state index in [1.807, 2.05) is 13.8 Å². The predicted octanol–water partition coefficient (Wildman–Crippen LogP) is 4.85. The van der Waals surface area contributed by atoms with Crippen LogP contribution in [0.4, 0.5) is 0 Å². The number of benzene rings is 1. The van der Waals surface area contributed by atoms with Crippen LogP contribution in [-0.2, 0) is 19.1 Å². The van der Waals surface area contributed by atoms with Crippen LogP contribution in [0.3, 0.4) is 0 Å². The molecule has 25 heavy (non-hydrogen) atoms. The van der Waals surface area contributed by atoms with Gasteiger partial charge in [0.05, 0.1) is 23.8 Å². The van der Waals surface area contributed by atoms with E-state index in [0.717, 1.165) is 11.1 Å². The van der Waals surface area contributed by atoms with E-state index in [2.05, 4.69) is 0 Å². The second-order valence-electron chi connectivity index (χ2n) is 5.85. The molecular weight excluding hydrogens is 363 g/mol. The first-order valence-electron chi connectivity index (χ1n) is 7.92. The third-order valence-corrected chi connectivity index (χ3v) is 5.05. The Kier molecular flexibility index (Phi) is 6.31. The van der Waals surface area contributed by atoms with Crippen LogP contribution in [-0.4, -0.2) is 25.7 Å². The molecule has 0 heterocycles. The molecule has 6 heteroatoms. The molecular formula is C19H20Cl2O4. The lowest BCUT2D eigenvalue weighted by atomic mass is 9.75. The van der Waals surface area contributed by atoms with Gasteiger partial charge in [-0.1, -0.05) is 46.5 Å². The number of hydrogen-bond acceptors (Lipinski definition) is 4. The highest BCUT2D eigenvalue weighted by atomic mass is 35.5. The second-order valence-corrected chi connectivity index (χ2v) is 6.64. The zero-order valence-electron chi connectivity index (χ0n) is 14.6. The van der Waals surface area contributed by atoms with Gasteiger partial charge in [0, 0.05) is 17.1 Å². The van der Waals surface area contributed by atoms with Crippen molar-refractivity contribution in [1.82, 2.24) is 0 Å². The molecule has 1 atom stereocenters. The fraction of sp³-hybridized carbons (Fsp3) is 0.368. The van der Waals surface area contributed by atoms with E-state index >= 15 is 0 Å².